The summed E-state index contributed by atoms with van der Waals surface area (Å²) in [5.41, 5.74) is 0.772. The van der Waals surface area contributed by atoms with Crippen LogP contribution in [-0.4, -0.2) is 70.9 Å². The smallest absolute Gasteiger partial charge is 0.227 e. The van der Waals surface area contributed by atoms with Gasteiger partial charge in [-0.1, -0.05) is 54.1 Å². The molecule has 0 aromatic heterocycles. The lowest BCUT2D eigenvalue weighted by molar-refractivity contribution is -0.130. The van der Waals surface area contributed by atoms with E-state index >= 15 is 0 Å². The SMILES string of the molecule is CN(CCc1ccccc1)C[C@]1(O)CN(C(=O)Cc2ccc(Cl)cc2)C[C@H]1O. The number of benzene rings is 2. The fourth-order valence-corrected chi connectivity index (χ4v) is 3.75. The van der Waals surface area contributed by atoms with E-state index in [1.807, 2.05) is 42.3 Å². The molecule has 2 aromatic rings. The third-order valence-corrected chi connectivity index (χ3v) is 5.52. The van der Waals surface area contributed by atoms with Crippen molar-refractivity contribution in [3.63, 3.8) is 0 Å². The Morgan fingerprint density at radius 2 is 1.86 bits per heavy atom. The van der Waals surface area contributed by atoms with Crippen molar-refractivity contribution in [2.45, 2.75) is 24.5 Å². The molecule has 1 fully saturated rings. The van der Waals surface area contributed by atoms with Gasteiger partial charge >= 0.3 is 0 Å². The molecule has 5 nitrogen and oxygen atoms in total. The Hall–Kier alpha value is -1.92. The number of hydrogen-bond acceptors (Lipinski definition) is 4. The van der Waals surface area contributed by atoms with Gasteiger partial charge < -0.3 is 20.0 Å². The summed E-state index contributed by atoms with van der Waals surface area (Å²) in [5, 5.41) is 22.0. The highest BCUT2D eigenvalue weighted by Crippen LogP contribution is 2.24. The van der Waals surface area contributed by atoms with Crippen molar-refractivity contribution < 1.29 is 15.0 Å². The van der Waals surface area contributed by atoms with Crippen LogP contribution in [0.15, 0.2) is 54.6 Å². The lowest BCUT2D eigenvalue weighted by atomic mass is 9.99. The van der Waals surface area contributed by atoms with E-state index in [4.69, 9.17) is 11.6 Å². The van der Waals surface area contributed by atoms with Crippen molar-refractivity contribution in [3.8, 4) is 0 Å². The average molecular weight is 403 g/mol. The molecule has 28 heavy (non-hydrogen) atoms. The van der Waals surface area contributed by atoms with Gasteiger partial charge in [-0.25, -0.2) is 0 Å². The van der Waals surface area contributed by atoms with Gasteiger partial charge in [-0.3, -0.25) is 4.79 Å². The van der Waals surface area contributed by atoms with Gasteiger partial charge in [-0.15, -0.1) is 0 Å². The van der Waals surface area contributed by atoms with E-state index in [2.05, 4.69) is 12.1 Å². The quantitative estimate of drug-likeness (QED) is 0.743. The van der Waals surface area contributed by atoms with Crippen LogP contribution in [0.1, 0.15) is 11.1 Å². The van der Waals surface area contributed by atoms with E-state index < -0.39 is 11.7 Å². The van der Waals surface area contributed by atoms with Gasteiger partial charge in [0.05, 0.1) is 13.0 Å². The van der Waals surface area contributed by atoms with Gasteiger partial charge in [-0.2, -0.15) is 0 Å². The third-order valence-electron chi connectivity index (χ3n) is 5.27. The number of aliphatic hydroxyl groups excluding tert-OH is 1. The fraction of sp³-hybridized carbons (Fsp3) is 0.409. The Kier molecular flexibility index (Phi) is 6.73. The molecule has 3 rings (SSSR count). The second kappa shape index (κ2) is 9.05. The molecule has 2 atom stereocenters. The highest BCUT2D eigenvalue weighted by molar-refractivity contribution is 6.30. The van der Waals surface area contributed by atoms with E-state index in [9.17, 15) is 15.0 Å². The minimum Gasteiger partial charge on any atom is -0.388 e. The van der Waals surface area contributed by atoms with Gasteiger partial charge in [0.25, 0.3) is 0 Å². The van der Waals surface area contributed by atoms with Gasteiger partial charge in [0, 0.05) is 24.7 Å². The van der Waals surface area contributed by atoms with Crippen LogP contribution >= 0.6 is 11.6 Å². The molecular formula is C22H27ClN2O3. The van der Waals surface area contributed by atoms with Crippen molar-refractivity contribution in [2.24, 2.45) is 0 Å². The number of likely N-dealkylation sites (tertiary alicyclic amines) is 1. The van der Waals surface area contributed by atoms with Crippen LogP contribution in [0.5, 0.6) is 0 Å². The standard InChI is InChI=1S/C22H27ClN2O3/c1-24(12-11-17-5-3-2-4-6-17)15-22(28)16-25(14-20(22)26)21(27)13-18-7-9-19(23)10-8-18/h2-10,20,26,28H,11-16H2,1H3/t20-,22+/m1/s1. The van der Waals surface area contributed by atoms with Crippen LogP contribution in [0.3, 0.4) is 0 Å². The van der Waals surface area contributed by atoms with Crippen molar-refractivity contribution in [1.82, 2.24) is 9.80 Å². The number of aliphatic hydroxyl groups is 2. The number of β-amino-alcohol motifs (C(OH)–C–C–N with tert-alkyl or cyclic N) is 2. The lowest BCUT2D eigenvalue weighted by Crippen LogP contribution is -2.51. The zero-order chi connectivity index (χ0) is 20.1. The number of nitrogens with zero attached hydrogens (tertiary/aromatic N) is 2. The molecule has 6 heteroatoms. The molecule has 0 unspecified atom stereocenters. The second-order valence-corrected chi connectivity index (χ2v) is 8.11. The molecule has 1 aliphatic rings. The summed E-state index contributed by atoms with van der Waals surface area (Å²) in [6, 6.07) is 17.3. The van der Waals surface area contributed by atoms with E-state index in [0.29, 0.717) is 11.6 Å². The molecule has 1 saturated heterocycles. The minimum absolute atomic E-state index is 0.107. The molecular weight excluding hydrogens is 376 g/mol. The predicted molar refractivity (Wildman–Crippen MR) is 110 cm³/mol. The highest BCUT2D eigenvalue weighted by atomic mass is 35.5. The topological polar surface area (TPSA) is 64.0 Å². The number of amides is 1. The number of halogens is 1. The molecule has 0 bridgehead atoms. The van der Waals surface area contributed by atoms with Crippen LogP contribution in [0.25, 0.3) is 0 Å². The van der Waals surface area contributed by atoms with Crippen LogP contribution in [0.4, 0.5) is 0 Å². The minimum atomic E-state index is -1.32. The Morgan fingerprint density at radius 3 is 2.54 bits per heavy atom. The van der Waals surface area contributed by atoms with Gasteiger partial charge in [0.15, 0.2) is 0 Å². The zero-order valence-corrected chi connectivity index (χ0v) is 16.8. The first-order chi connectivity index (χ1) is 13.4. The number of hydrogen-bond donors (Lipinski definition) is 2. The first-order valence-electron chi connectivity index (χ1n) is 9.51. The lowest BCUT2D eigenvalue weighted by Gasteiger charge is -2.31. The molecule has 1 aliphatic heterocycles. The first-order valence-corrected chi connectivity index (χ1v) is 9.89. The number of carbonyl (C=O) groups is 1. The molecule has 0 spiro atoms. The molecule has 150 valence electrons. The molecule has 1 heterocycles. The molecule has 0 radical (unpaired) electrons. The van der Waals surface area contributed by atoms with E-state index in [1.165, 1.54) is 5.56 Å². The largest absolute Gasteiger partial charge is 0.388 e. The molecule has 2 N–H and O–H groups in total. The second-order valence-electron chi connectivity index (χ2n) is 7.67. The number of rotatable bonds is 7. The van der Waals surface area contributed by atoms with Gasteiger partial charge in [-0.05, 0) is 36.7 Å². The summed E-state index contributed by atoms with van der Waals surface area (Å²) in [6.07, 6.45) is 0.132. The Balaban J connectivity index is 1.53. The Morgan fingerprint density at radius 1 is 1.18 bits per heavy atom. The van der Waals surface area contributed by atoms with E-state index in [0.717, 1.165) is 18.5 Å². The third kappa shape index (κ3) is 5.32. The maximum Gasteiger partial charge on any atom is 0.227 e. The molecule has 2 aromatic carbocycles. The number of likely N-dealkylation sites (N-methyl/N-ethyl adjacent to an activating group) is 1. The number of carbonyl (C=O) groups excluding carboxylic acids is 1. The zero-order valence-electron chi connectivity index (χ0n) is 16.1. The summed E-state index contributed by atoms with van der Waals surface area (Å²) in [5.74, 6) is -0.107. The van der Waals surface area contributed by atoms with E-state index in [-0.39, 0.29) is 25.4 Å². The van der Waals surface area contributed by atoms with E-state index in [1.54, 1.807) is 17.0 Å². The maximum atomic E-state index is 12.6. The predicted octanol–water partition coefficient (Wildman–Crippen LogP) is 1.99. The summed E-state index contributed by atoms with van der Waals surface area (Å²) >= 11 is 5.88. The van der Waals surface area contributed by atoms with Crippen LogP contribution in [-0.2, 0) is 17.6 Å². The van der Waals surface area contributed by atoms with Crippen molar-refractivity contribution in [2.75, 3.05) is 33.2 Å². The Labute approximate surface area is 171 Å². The normalized spacial score (nSPS) is 22.0. The molecule has 1 amide bonds. The molecule has 0 aliphatic carbocycles. The monoisotopic (exact) mass is 402 g/mol. The summed E-state index contributed by atoms with van der Waals surface area (Å²) in [4.78, 5) is 16.1. The van der Waals surface area contributed by atoms with Crippen molar-refractivity contribution >= 4 is 17.5 Å². The van der Waals surface area contributed by atoms with Gasteiger partial charge in [0.2, 0.25) is 5.91 Å². The first kappa shape index (κ1) is 20.8. The van der Waals surface area contributed by atoms with Crippen LogP contribution < -0.4 is 0 Å². The average Bonchev–Trinajstić information content (AvgIpc) is 2.97. The highest BCUT2D eigenvalue weighted by Gasteiger charge is 2.46. The summed E-state index contributed by atoms with van der Waals surface area (Å²) < 4.78 is 0. The van der Waals surface area contributed by atoms with Gasteiger partial charge in [0.1, 0.15) is 11.7 Å². The van der Waals surface area contributed by atoms with Crippen LogP contribution in [0, 0.1) is 0 Å². The Bertz CT molecular complexity index is 784. The summed E-state index contributed by atoms with van der Waals surface area (Å²) in [6.45, 7) is 1.36. The maximum absolute atomic E-state index is 12.6. The summed E-state index contributed by atoms with van der Waals surface area (Å²) in [7, 11) is 1.92. The van der Waals surface area contributed by atoms with Crippen LogP contribution in [0.2, 0.25) is 5.02 Å². The molecule has 0 saturated carbocycles. The van der Waals surface area contributed by atoms with Crippen molar-refractivity contribution in [3.05, 3.63) is 70.7 Å². The fourth-order valence-electron chi connectivity index (χ4n) is 3.62. The van der Waals surface area contributed by atoms with Crippen molar-refractivity contribution in [1.29, 1.82) is 0 Å².